The topological polar surface area (TPSA) is 56.2 Å². The van der Waals surface area contributed by atoms with Crippen LogP contribution in [0.15, 0.2) is 18.2 Å². The van der Waals surface area contributed by atoms with Gasteiger partial charge in [0.1, 0.15) is 5.75 Å². The third kappa shape index (κ3) is 3.93. The molecule has 1 amide bonds. The van der Waals surface area contributed by atoms with Crippen LogP contribution in [0, 0.1) is 13.8 Å². The SMILES string of the molecule is Cc1nn(C)c(C)c1CNC(=O)COc1ccc(Cl)cc1Cl. The van der Waals surface area contributed by atoms with Crippen molar-refractivity contribution in [2.75, 3.05) is 6.61 Å². The molecule has 22 heavy (non-hydrogen) atoms. The molecule has 118 valence electrons. The van der Waals surface area contributed by atoms with E-state index in [4.69, 9.17) is 27.9 Å². The Morgan fingerprint density at radius 3 is 2.68 bits per heavy atom. The van der Waals surface area contributed by atoms with Crippen LogP contribution in [0.4, 0.5) is 0 Å². The summed E-state index contributed by atoms with van der Waals surface area (Å²) in [7, 11) is 1.87. The first-order valence-electron chi connectivity index (χ1n) is 6.72. The Labute approximate surface area is 139 Å². The predicted molar refractivity (Wildman–Crippen MR) is 86.5 cm³/mol. The average molecular weight is 342 g/mol. The highest BCUT2D eigenvalue weighted by atomic mass is 35.5. The Bertz CT molecular complexity index is 698. The highest BCUT2D eigenvalue weighted by Gasteiger charge is 2.11. The number of hydrogen-bond donors (Lipinski definition) is 1. The van der Waals surface area contributed by atoms with E-state index < -0.39 is 0 Å². The Hall–Kier alpha value is -1.72. The number of halogens is 2. The number of aryl methyl sites for hydroxylation is 2. The molecule has 0 unspecified atom stereocenters. The van der Waals surface area contributed by atoms with Gasteiger partial charge in [0.25, 0.3) is 5.91 Å². The smallest absolute Gasteiger partial charge is 0.258 e. The standard InChI is InChI=1S/C15H17Cl2N3O2/c1-9-12(10(2)20(3)19-9)7-18-15(21)8-22-14-5-4-11(16)6-13(14)17/h4-6H,7-8H2,1-3H3,(H,18,21). The highest BCUT2D eigenvalue weighted by molar-refractivity contribution is 6.35. The highest BCUT2D eigenvalue weighted by Crippen LogP contribution is 2.27. The number of hydrogen-bond acceptors (Lipinski definition) is 3. The number of nitrogens with zero attached hydrogens (tertiary/aromatic N) is 2. The molecular weight excluding hydrogens is 325 g/mol. The van der Waals surface area contributed by atoms with Gasteiger partial charge in [0.15, 0.2) is 6.61 Å². The van der Waals surface area contributed by atoms with Crippen molar-refractivity contribution < 1.29 is 9.53 Å². The molecule has 0 bridgehead atoms. The fourth-order valence-electron chi connectivity index (χ4n) is 2.05. The molecule has 0 spiro atoms. The maximum absolute atomic E-state index is 11.9. The van der Waals surface area contributed by atoms with Gasteiger partial charge in [-0.05, 0) is 32.0 Å². The van der Waals surface area contributed by atoms with Crippen molar-refractivity contribution in [1.82, 2.24) is 15.1 Å². The van der Waals surface area contributed by atoms with Gasteiger partial charge in [0.2, 0.25) is 0 Å². The monoisotopic (exact) mass is 341 g/mol. The summed E-state index contributed by atoms with van der Waals surface area (Å²) >= 11 is 11.8. The summed E-state index contributed by atoms with van der Waals surface area (Å²) in [6, 6.07) is 4.86. The van der Waals surface area contributed by atoms with Crippen LogP contribution in [0.3, 0.4) is 0 Å². The van der Waals surface area contributed by atoms with E-state index in [0.717, 1.165) is 17.0 Å². The predicted octanol–water partition coefficient (Wildman–Crippen LogP) is 3.04. The van der Waals surface area contributed by atoms with Crippen LogP contribution in [0.2, 0.25) is 10.0 Å². The van der Waals surface area contributed by atoms with Crippen molar-refractivity contribution in [3.63, 3.8) is 0 Å². The maximum atomic E-state index is 11.9. The molecule has 0 radical (unpaired) electrons. The van der Waals surface area contributed by atoms with Crippen molar-refractivity contribution in [2.24, 2.45) is 7.05 Å². The van der Waals surface area contributed by atoms with Gasteiger partial charge in [0.05, 0.1) is 10.7 Å². The Balaban J connectivity index is 1.88. The number of ether oxygens (including phenoxy) is 1. The first-order chi connectivity index (χ1) is 10.4. The minimum Gasteiger partial charge on any atom is -0.482 e. The van der Waals surface area contributed by atoms with Gasteiger partial charge < -0.3 is 10.1 Å². The van der Waals surface area contributed by atoms with Gasteiger partial charge >= 0.3 is 0 Å². The van der Waals surface area contributed by atoms with Gasteiger partial charge in [-0.15, -0.1) is 0 Å². The van der Waals surface area contributed by atoms with Gasteiger partial charge in [0, 0.05) is 29.9 Å². The fourth-order valence-corrected chi connectivity index (χ4v) is 2.51. The second-order valence-corrected chi connectivity index (χ2v) is 5.76. The third-order valence-corrected chi connectivity index (χ3v) is 3.90. The number of carbonyl (C=O) groups excluding carboxylic acids is 1. The van der Waals surface area contributed by atoms with Crippen molar-refractivity contribution in [1.29, 1.82) is 0 Å². The minimum atomic E-state index is -0.228. The first kappa shape index (κ1) is 16.6. The van der Waals surface area contributed by atoms with Crippen LogP contribution in [0.1, 0.15) is 17.0 Å². The van der Waals surface area contributed by atoms with Crippen LogP contribution >= 0.6 is 23.2 Å². The summed E-state index contributed by atoms with van der Waals surface area (Å²) < 4.78 is 7.18. The van der Waals surface area contributed by atoms with Gasteiger partial charge in [-0.1, -0.05) is 23.2 Å². The van der Waals surface area contributed by atoms with Crippen molar-refractivity contribution in [2.45, 2.75) is 20.4 Å². The van der Waals surface area contributed by atoms with E-state index in [1.165, 1.54) is 0 Å². The van der Waals surface area contributed by atoms with Crippen LogP contribution in [-0.2, 0) is 18.4 Å². The number of amides is 1. The summed E-state index contributed by atoms with van der Waals surface area (Å²) in [6.07, 6.45) is 0. The summed E-state index contributed by atoms with van der Waals surface area (Å²) in [5.41, 5.74) is 2.95. The number of nitrogens with one attached hydrogen (secondary N) is 1. The van der Waals surface area contributed by atoms with Gasteiger partial charge in [-0.3, -0.25) is 9.48 Å². The molecule has 1 N–H and O–H groups in total. The van der Waals surface area contributed by atoms with E-state index in [1.807, 2.05) is 20.9 Å². The first-order valence-corrected chi connectivity index (χ1v) is 7.47. The van der Waals surface area contributed by atoms with Crippen LogP contribution in [0.25, 0.3) is 0 Å². The molecule has 0 aliphatic heterocycles. The van der Waals surface area contributed by atoms with E-state index >= 15 is 0 Å². The van der Waals surface area contributed by atoms with E-state index in [2.05, 4.69) is 10.4 Å². The molecule has 2 aromatic rings. The largest absolute Gasteiger partial charge is 0.482 e. The number of carbonyl (C=O) groups is 1. The fraction of sp³-hybridized carbons (Fsp3) is 0.333. The summed E-state index contributed by atoms with van der Waals surface area (Å²) in [5.74, 6) is 0.198. The van der Waals surface area contributed by atoms with Crippen LogP contribution < -0.4 is 10.1 Å². The summed E-state index contributed by atoms with van der Waals surface area (Å²) in [6.45, 7) is 4.19. The minimum absolute atomic E-state index is 0.111. The third-order valence-electron chi connectivity index (χ3n) is 3.37. The summed E-state index contributed by atoms with van der Waals surface area (Å²) in [4.78, 5) is 11.9. The van der Waals surface area contributed by atoms with E-state index in [1.54, 1.807) is 22.9 Å². The van der Waals surface area contributed by atoms with Gasteiger partial charge in [-0.25, -0.2) is 0 Å². The lowest BCUT2D eigenvalue weighted by molar-refractivity contribution is -0.123. The van der Waals surface area contributed by atoms with Crippen LogP contribution in [-0.4, -0.2) is 22.3 Å². The molecular formula is C15H17Cl2N3O2. The molecule has 0 saturated heterocycles. The molecule has 1 aromatic heterocycles. The van der Waals surface area contributed by atoms with E-state index in [0.29, 0.717) is 22.3 Å². The van der Waals surface area contributed by atoms with Crippen LogP contribution in [0.5, 0.6) is 5.75 Å². The average Bonchev–Trinajstić information content (AvgIpc) is 2.69. The lowest BCUT2D eigenvalue weighted by Gasteiger charge is -2.09. The Morgan fingerprint density at radius 2 is 2.09 bits per heavy atom. The summed E-state index contributed by atoms with van der Waals surface area (Å²) in [5, 5.41) is 8.01. The lowest BCUT2D eigenvalue weighted by Crippen LogP contribution is -2.28. The molecule has 0 aliphatic rings. The quantitative estimate of drug-likeness (QED) is 0.909. The molecule has 0 fully saturated rings. The molecule has 1 aromatic carbocycles. The molecule has 0 aliphatic carbocycles. The number of benzene rings is 1. The normalized spacial score (nSPS) is 10.6. The lowest BCUT2D eigenvalue weighted by atomic mass is 10.2. The zero-order valence-corrected chi connectivity index (χ0v) is 14.1. The molecule has 2 rings (SSSR count). The second kappa shape index (κ2) is 7.03. The van der Waals surface area contributed by atoms with E-state index in [9.17, 15) is 4.79 Å². The van der Waals surface area contributed by atoms with Crippen molar-refractivity contribution >= 4 is 29.1 Å². The van der Waals surface area contributed by atoms with Gasteiger partial charge in [-0.2, -0.15) is 5.10 Å². The van der Waals surface area contributed by atoms with Crippen molar-refractivity contribution in [3.8, 4) is 5.75 Å². The van der Waals surface area contributed by atoms with Crippen molar-refractivity contribution in [3.05, 3.63) is 45.2 Å². The number of aromatic nitrogens is 2. The van der Waals surface area contributed by atoms with E-state index in [-0.39, 0.29) is 12.5 Å². The molecule has 0 atom stereocenters. The molecule has 5 nitrogen and oxygen atoms in total. The Morgan fingerprint density at radius 1 is 1.36 bits per heavy atom. The Kier molecular flexibility index (Phi) is 5.32. The number of rotatable bonds is 5. The molecule has 0 saturated carbocycles. The zero-order valence-electron chi connectivity index (χ0n) is 12.6. The maximum Gasteiger partial charge on any atom is 0.258 e. The molecule has 7 heteroatoms. The zero-order chi connectivity index (χ0) is 16.3. The molecule has 1 heterocycles. The second-order valence-electron chi connectivity index (χ2n) is 4.91.